The summed E-state index contributed by atoms with van der Waals surface area (Å²) in [5.41, 5.74) is 8.13. The third kappa shape index (κ3) is 8.87. The maximum absolute atomic E-state index is 6.90. The van der Waals surface area contributed by atoms with E-state index in [0.29, 0.717) is 0 Å². The molecule has 138 valence electrons. The largest absolute Gasteiger partial charge is 0.321 e. The Balaban J connectivity index is 2.42. The molecule has 0 amide bonds. The SMILES string of the molecule is CCCCCCCCC(N)(CCCCCCCC)c1ccccc1. The second-order valence-electron chi connectivity index (χ2n) is 7.56. The molecule has 0 aliphatic rings. The van der Waals surface area contributed by atoms with Crippen LogP contribution in [-0.2, 0) is 5.54 Å². The van der Waals surface area contributed by atoms with Crippen LogP contribution in [-0.4, -0.2) is 0 Å². The molecule has 0 aliphatic heterocycles. The molecule has 0 radical (unpaired) electrons. The molecule has 0 fully saturated rings. The van der Waals surface area contributed by atoms with E-state index in [1.807, 2.05) is 0 Å². The van der Waals surface area contributed by atoms with Crippen molar-refractivity contribution in [3.63, 3.8) is 0 Å². The minimum absolute atomic E-state index is 0.114. The fourth-order valence-electron chi connectivity index (χ4n) is 3.63. The van der Waals surface area contributed by atoms with Gasteiger partial charge in [0.1, 0.15) is 0 Å². The molecule has 1 rings (SSSR count). The van der Waals surface area contributed by atoms with Crippen LogP contribution in [0.3, 0.4) is 0 Å². The first-order chi connectivity index (χ1) is 11.7. The van der Waals surface area contributed by atoms with Gasteiger partial charge in [0.15, 0.2) is 0 Å². The number of benzene rings is 1. The average Bonchev–Trinajstić information content (AvgIpc) is 2.62. The Hall–Kier alpha value is -0.820. The van der Waals surface area contributed by atoms with Crippen LogP contribution in [0.15, 0.2) is 30.3 Å². The number of hydrogen-bond donors (Lipinski definition) is 1. The second-order valence-corrected chi connectivity index (χ2v) is 7.56. The summed E-state index contributed by atoms with van der Waals surface area (Å²) in [5, 5.41) is 0. The van der Waals surface area contributed by atoms with Crippen molar-refractivity contribution >= 4 is 0 Å². The van der Waals surface area contributed by atoms with E-state index in [-0.39, 0.29) is 5.54 Å². The summed E-state index contributed by atoms with van der Waals surface area (Å²) in [4.78, 5) is 0. The predicted molar refractivity (Wildman–Crippen MR) is 108 cm³/mol. The van der Waals surface area contributed by atoms with Gasteiger partial charge in [-0.2, -0.15) is 0 Å². The van der Waals surface area contributed by atoms with Gasteiger partial charge in [0, 0.05) is 5.54 Å². The smallest absolute Gasteiger partial charge is 0.0409 e. The summed E-state index contributed by atoms with van der Waals surface area (Å²) in [6.45, 7) is 4.56. The molecule has 1 aromatic rings. The minimum Gasteiger partial charge on any atom is -0.321 e. The Labute approximate surface area is 151 Å². The number of nitrogens with two attached hydrogens (primary N) is 1. The Kier molecular flexibility index (Phi) is 11.9. The molecule has 1 nitrogen and oxygen atoms in total. The summed E-state index contributed by atoms with van der Waals surface area (Å²) in [6, 6.07) is 10.8. The molecule has 0 spiro atoms. The van der Waals surface area contributed by atoms with Crippen molar-refractivity contribution < 1.29 is 0 Å². The van der Waals surface area contributed by atoms with E-state index in [0.717, 1.165) is 12.8 Å². The highest BCUT2D eigenvalue weighted by Gasteiger charge is 2.25. The molecular formula is C23H41N. The third-order valence-electron chi connectivity index (χ3n) is 5.30. The van der Waals surface area contributed by atoms with E-state index in [9.17, 15) is 0 Å². The highest BCUT2D eigenvalue weighted by atomic mass is 14.7. The fourth-order valence-corrected chi connectivity index (χ4v) is 3.63. The normalized spacial score (nSPS) is 11.8. The summed E-state index contributed by atoms with van der Waals surface area (Å²) in [5.74, 6) is 0. The molecular weight excluding hydrogens is 290 g/mol. The van der Waals surface area contributed by atoms with Gasteiger partial charge in [0.05, 0.1) is 0 Å². The van der Waals surface area contributed by atoms with Gasteiger partial charge in [-0.15, -0.1) is 0 Å². The lowest BCUT2D eigenvalue weighted by atomic mass is 9.81. The maximum Gasteiger partial charge on any atom is 0.0409 e. The molecule has 2 N–H and O–H groups in total. The highest BCUT2D eigenvalue weighted by Crippen LogP contribution is 2.31. The number of rotatable bonds is 15. The van der Waals surface area contributed by atoms with Gasteiger partial charge in [-0.1, -0.05) is 121 Å². The van der Waals surface area contributed by atoms with E-state index >= 15 is 0 Å². The van der Waals surface area contributed by atoms with Crippen LogP contribution in [0.2, 0.25) is 0 Å². The van der Waals surface area contributed by atoms with E-state index in [1.54, 1.807) is 0 Å². The second kappa shape index (κ2) is 13.5. The third-order valence-corrected chi connectivity index (χ3v) is 5.30. The summed E-state index contributed by atoms with van der Waals surface area (Å²) in [6.07, 6.45) is 18.4. The van der Waals surface area contributed by atoms with Crippen LogP contribution in [0.1, 0.15) is 109 Å². The van der Waals surface area contributed by atoms with Crippen LogP contribution in [0.4, 0.5) is 0 Å². The van der Waals surface area contributed by atoms with Crippen molar-refractivity contribution in [2.24, 2.45) is 5.73 Å². The van der Waals surface area contributed by atoms with Crippen molar-refractivity contribution in [3.8, 4) is 0 Å². The average molecular weight is 332 g/mol. The van der Waals surface area contributed by atoms with E-state index < -0.39 is 0 Å². The summed E-state index contributed by atoms with van der Waals surface area (Å²) in [7, 11) is 0. The van der Waals surface area contributed by atoms with Crippen LogP contribution in [0.25, 0.3) is 0 Å². The topological polar surface area (TPSA) is 26.0 Å². The Morgan fingerprint density at radius 1 is 0.625 bits per heavy atom. The Morgan fingerprint density at radius 3 is 1.50 bits per heavy atom. The van der Waals surface area contributed by atoms with Crippen molar-refractivity contribution in [2.75, 3.05) is 0 Å². The monoisotopic (exact) mass is 331 g/mol. The van der Waals surface area contributed by atoms with Gasteiger partial charge in [-0.25, -0.2) is 0 Å². The molecule has 0 bridgehead atoms. The zero-order valence-corrected chi connectivity index (χ0v) is 16.4. The van der Waals surface area contributed by atoms with Crippen molar-refractivity contribution in [2.45, 2.75) is 109 Å². The zero-order chi connectivity index (χ0) is 17.5. The van der Waals surface area contributed by atoms with Crippen LogP contribution < -0.4 is 5.73 Å². The van der Waals surface area contributed by atoms with Gasteiger partial charge in [0.25, 0.3) is 0 Å². The molecule has 0 heterocycles. The molecule has 0 saturated heterocycles. The first-order valence-electron chi connectivity index (χ1n) is 10.6. The summed E-state index contributed by atoms with van der Waals surface area (Å²) < 4.78 is 0. The van der Waals surface area contributed by atoms with Crippen LogP contribution in [0, 0.1) is 0 Å². The van der Waals surface area contributed by atoms with Crippen LogP contribution >= 0.6 is 0 Å². The molecule has 0 atom stereocenters. The molecule has 24 heavy (non-hydrogen) atoms. The number of unbranched alkanes of at least 4 members (excludes halogenated alkanes) is 10. The molecule has 0 saturated carbocycles. The first kappa shape index (κ1) is 21.2. The van der Waals surface area contributed by atoms with Gasteiger partial charge >= 0.3 is 0 Å². The maximum atomic E-state index is 6.90. The van der Waals surface area contributed by atoms with Gasteiger partial charge in [0.2, 0.25) is 0 Å². The standard InChI is InChI=1S/C23H41N/c1-3-5-7-9-11-16-20-23(24,22-18-14-13-15-19-22)21-17-12-10-8-6-4-2/h13-15,18-19H,3-12,16-17,20-21,24H2,1-2H3. The Morgan fingerprint density at radius 2 is 1.04 bits per heavy atom. The fraction of sp³-hybridized carbons (Fsp3) is 0.739. The quantitative estimate of drug-likeness (QED) is 0.334. The predicted octanol–water partition coefficient (Wildman–Crippen LogP) is 7.34. The van der Waals surface area contributed by atoms with Crippen molar-refractivity contribution in [1.82, 2.24) is 0 Å². The van der Waals surface area contributed by atoms with E-state index in [1.165, 1.54) is 82.6 Å². The minimum atomic E-state index is -0.114. The van der Waals surface area contributed by atoms with Crippen LogP contribution in [0.5, 0.6) is 0 Å². The molecule has 1 heteroatoms. The van der Waals surface area contributed by atoms with Crippen molar-refractivity contribution in [1.29, 1.82) is 0 Å². The lowest BCUT2D eigenvalue weighted by Crippen LogP contribution is -2.36. The first-order valence-corrected chi connectivity index (χ1v) is 10.6. The number of hydrogen-bond acceptors (Lipinski definition) is 1. The zero-order valence-electron chi connectivity index (χ0n) is 16.4. The van der Waals surface area contributed by atoms with E-state index in [2.05, 4.69) is 44.2 Å². The molecule has 1 aromatic carbocycles. The van der Waals surface area contributed by atoms with Crippen molar-refractivity contribution in [3.05, 3.63) is 35.9 Å². The lowest BCUT2D eigenvalue weighted by Gasteiger charge is -2.30. The molecule has 0 aromatic heterocycles. The lowest BCUT2D eigenvalue weighted by molar-refractivity contribution is 0.343. The summed E-state index contributed by atoms with van der Waals surface area (Å²) >= 11 is 0. The van der Waals surface area contributed by atoms with Gasteiger partial charge in [-0.05, 0) is 18.4 Å². The van der Waals surface area contributed by atoms with Gasteiger partial charge < -0.3 is 5.73 Å². The molecule has 0 unspecified atom stereocenters. The molecule has 0 aliphatic carbocycles. The van der Waals surface area contributed by atoms with Gasteiger partial charge in [-0.3, -0.25) is 0 Å². The van der Waals surface area contributed by atoms with E-state index in [4.69, 9.17) is 5.73 Å². The highest BCUT2D eigenvalue weighted by molar-refractivity contribution is 5.23. The Bertz CT molecular complexity index is 368.